The lowest BCUT2D eigenvalue weighted by Crippen LogP contribution is -2.45. The molecule has 0 bridgehead atoms. The van der Waals surface area contributed by atoms with Crippen LogP contribution >= 0.6 is 28.3 Å². The Labute approximate surface area is 139 Å². The second-order valence-corrected chi connectivity index (χ2v) is 6.14. The monoisotopic (exact) mass is 382 g/mol. The predicted octanol–water partition coefficient (Wildman–Crippen LogP) is 4.29. The van der Waals surface area contributed by atoms with Gasteiger partial charge in [-0.05, 0) is 18.6 Å². The number of benzene rings is 1. The van der Waals surface area contributed by atoms with Crippen molar-refractivity contribution in [3.63, 3.8) is 0 Å². The Hall–Kier alpha value is -0.230. The molecule has 2 nitrogen and oxygen atoms in total. The summed E-state index contributed by atoms with van der Waals surface area (Å²) in [7, 11) is 0. The van der Waals surface area contributed by atoms with Crippen LogP contribution in [0.5, 0.6) is 0 Å². The fourth-order valence-electron chi connectivity index (χ4n) is 2.77. The number of halogens is 4. The first-order valence-corrected chi connectivity index (χ1v) is 8.02. The molecule has 1 fully saturated rings. The van der Waals surface area contributed by atoms with Crippen LogP contribution in [0.15, 0.2) is 16.6 Å². The van der Waals surface area contributed by atoms with Gasteiger partial charge in [0.15, 0.2) is 0 Å². The molecule has 120 valence electrons. The zero-order valence-corrected chi connectivity index (χ0v) is 14.6. The van der Waals surface area contributed by atoms with Crippen LogP contribution in [0.2, 0.25) is 0 Å². The van der Waals surface area contributed by atoms with Crippen LogP contribution in [0.25, 0.3) is 0 Å². The number of unbranched alkanes of at least 4 members (excludes halogenated alkanes) is 1. The van der Waals surface area contributed by atoms with Crippen molar-refractivity contribution in [1.29, 1.82) is 0 Å². The topological polar surface area (TPSA) is 15.3 Å². The zero-order chi connectivity index (χ0) is 14.5. The fourth-order valence-corrected chi connectivity index (χ4v) is 3.17. The highest BCUT2D eigenvalue weighted by molar-refractivity contribution is 9.10. The van der Waals surface area contributed by atoms with Crippen LogP contribution in [0, 0.1) is 11.6 Å². The summed E-state index contributed by atoms with van der Waals surface area (Å²) in [5, 5.41) is 3.28. The van der Waals surface area contributed by atoms with E-state index >= 15 is 0 Å². The van der Waals surface area contributed by atoms with Gasteiger partial charge in [0.05, 0.1) is 0 Å². The molecule has 1 aromatic carbocycles. The first-order chi connectivity index (χ1) is 9.63. The van der Waals surface area contributed by atoms with Crippen LogP contribution < -0.4 is 5.32 Å². The molecule has 1 atom stereocenters. The van der Waals surface area contributed by atoms with E-state index in [4.69, 9.17) is 0 Å². The van der Waals surface area contributed by atoms with Crippen LogP contribution in [0.4, 0.5) is 8.78 Å². The molecule has 1 aromatic rings. The molecule has 0 aliphatic carbocycles. The highest BCUT2D eigenvalue weighted by Crippen LogP contribution is 2.32. The normalized spacial score (nSPS) is 17.3. The van der Waals surface area contributed by atoms with Gasteiger partial charge in [-0.1, -0.05) is 35.7 Å². The van der Waals surface area contributed by atoms with E-state index in [2.05, 4.69) is 33.1 Å². The van der Waals surface area contributed by atoms with E-state index in [9.17, 15) is 8.78 Å². The molecule has 0 unspecified atom stereocenters. The van der Waals surface area contributed by atoms with Gasteiger partial charge in [-0.15, -0.1) is 12.4 Å². The average Bonchev–Trinajstić information content (AvgIpc) is 2.42. The second kappa shape index (κ2) is 9.03. The van der Waals surface area contributed by atoms with Crippen LogP contribution in [-0.2, 0) is 0 Å². The summed E-state index contributed by atoms with van der Waals surface area (Å²) in [6.07, 6.45) is 2.80. The summed E-state index contributed by atoms with van der Waals surface area (Å²) >= 11 is 3.14. The van der Waals surface area contributed by atoms with E-state index in [1.807, 2.05) is 0 Å². The number of hydrogen-bond acceptors (Lipinski definition) is 2. The standard InChI is InChI=1S/C15H21BrF2N2.ClH/c1-2-3-4-14(20-7-5-19-6-8-20)15-12(17)9-11(16)10-13(15)18;/h9-10,14,19H,2-8H2,1H3;1H/t14-;/m0./s1. The van der Waals surface area contributed by atoms with Crippen LogP contribution in [0.3, 0.4) is 0 Å². The van der Waals surface area contributed by atoms with E-state index in [1.165, 1.54) is 12.1 Å². The van der Waals surface area contributed by atoms with Gasteiger partial charge in [-0.25, -0.2) is 8.78 Å². The van der Waals surface area contributed by atoms with E-state index < -0.39 is 11.6 Å². The number of nitrogens with one attached hydrogen (secondary N) is 1. The molecule has 0 amide bonds. The molecule has 1 aliphatic rings. The Morgan fingerprint density at radius 3 is 2.33 bits per heavy atom. The molecular weight excluding hydrogens is 362 g/mol. The van der Waals surface area contributed by atoms with Crippen molar-refractivity contribution in [3.05, 3.63) is 33.8 Å². The average molecular weight is 384 g/mol. The number of piperazine rings is 1. The summed E-state index contributed by atoms with van der Waals surface area (Å²) in [6, 6.07) is 2.56. The minimum atomic E-state index is -0.448. The van der Waals surface area contributed by atoms with Crippen molar-refractivity contribution in [2.24, 2.45) is 0 Å². The lowest BCUT2D eigenvalue weighted by Gasteiger charge is -2.35. The molecule has 6 heteroatoms. The van der Waals surface area contributed by atoms with Gasteiger partial charge in [-0.2, -0.15) is 0 Å². The quantitative estimate of drug-likeness (QED) is 0.816. The maximum Gasteiger partial charge on any atom is 0.132 e. The number of rotatable bonds is 5. The maximum absolute atomic E-state index is 14.2. The molecule has 1 aliphatic heterocycles. The Morgan fingerprint density at radius 1 is 1.24 bits per heavy atom. The van der Waals surface area contributed by atoms with E-state index in [0.717, 1.165) is 45.4 Å². The lowest BCUT2D eigenvalue weighted by molar-refractivity contribution is 0.156. The summed E-state index contributed by atoms with van der Waals surface area (Å²) in [5.41, 5.74) is 0.226. The van der Waals surface area contributed by atoms with Crippen molar-refractivity contribution in [3.8, 4) is 0 Å². The smallest absolute Gasteiger partial charge is 0.132 e. The Morgan fingerprint density at radius 2 is 1.81 bits per heavy atom. The van der Waals surface area contributed by atoms with Gasteiger partial charge in [0, 0.05) is 42.3 Å². The number of hydrogen-bond donors (Lipinski definition) is 1. The highest BCUT2D eigenvalue weighted by atomic mass is 79.9. The minimum Gasteiger partial charge on any atom is -0.314 e. The summed E-state index contributed by atoms with van der Waals surface area (Å²) in [4.78, 5) is 2.20. The third-order valence-electron chi connectivity index (χ3n) is 3.80. The molecule has 0 spiro atoms. The van der Waals surface area contributed by atoms with Crippen molar-refractivity contribution < 1.29 is 8.78 Å². The SMILES string of the molecule is CCCC[C@@H](c1c(F)cc(Br)cc1F)N1CCNCC1.Cl. The molecule has 21 heavy (non-hydrogen) atoms. The Balaban J connectivity index is 0.00000220. The second-order valence-electron chi connectivity index (χ2n) is 5.23. The Kier molecular flexibility index (Phi) is 8.09. The third-order valence-corrected chi connectivity index (χ3v) is 4.26. The van der Waals surface area contributed by atoms with E-state index in [0.29, 0.717) is 4.47 Å². The molecule has 0 radical (unpaired) electrons. The van der Waals surface area contributed by atoms with Gasteiger partial charge in [0.2, 0.25) is 0 Å². The predicted molar refractivity (Wildman–Crippen MR) is 88.0 cm³/mol. The van der Waals surface area contributed by atoms with Crippen LogP contribution in [0.1, 0.15) is 37.8 Å². The molecule has 1 saturated heterocycles. The van der Waals surface area contributed by atoms with Gasteiger partial charge < -0.3 is 5.32 Å². The van der Waals surface area contributed by atoms with Crippen molar-refractivity contribution in [2.75, 3.05) is 26.2 Å². The Bertz CT molecular complexity index is 430. The van der Waals surface area contributed by atoms with E-state index in [-0.39, 0.29) is 24.0 Å². The number of nitrogens with zero attached hydrogens (tertiary/aromatic N) is 1. The van der Waals surface area contributed by atoms with Crippen molar-refractivity contribution in [2.45, 2.75) is 32.2 Å². The maximum atomic E-state index is 14.2. The largest absolute Gasteiger partial charge is 0.314 e. The fraction of sp³-hybridized carbons (Fsp3) is 0.600. The third kappa shape index (κ3) is 4.88. The summed E-state index contributed by atoms with van der Waals surface area (Å²) in [6.45, 7) is 5.53. The molecule has 0 saturated carbocycles. The molecule has 1 heterocycles. The summed E-state index contributed by atoms with van der Waals surface area (Å²) < 4.78 is 28.9. The van der Waals surface area contributed by atoms with Gasteiger partial charge in [0.1, 0.15) is 11.6 Å². The molecular formula is C15H22BrClF2N2. The lowest BCUT2D eigenvalue weighted by atomic mass is 9.97. The first-order valence-electron chi connectivity index (χ1n) is 7.22. The molecule has 2 rings (SSSR count). The van der Waals surface area contributed by atoms with Gasteiger partial charge >= 0.3 is 0 Å². The van der Waals surface area contributed by atoms with Crippen molar-refractivity contribution in [1.82, 2.24) is 10.2 Å². The molecule has 1 N–H and O–H groups in total. The molecule has 0 aromatic heterocycles. The van der Waals surface area contributed by atoms with E-state index in [1.54, 1.807) is 0 Å². The highest BCUT2D eigenvalue weighted by Gasteiger charge is 2.27. The summed E-state index contributed by atoms with van der Waals surface area (Å²) in [5.74, 6) is -0.895. The van der Waals surface area contributed by atoms with Crippen LogP contribution in [-0.4, -0.2) is 31.1 Å². The first kappa shape index (κ1) is 18.8. The van der Waals surface area contributed by atoms with Gasteiger partial charge in [-0.3, -0.25) is 4.90 Å². The zero-order valence-electron chi connectivity index (χ0n) is 12.2. The van der Waals surface area contributed by atoms with Gasteiger partial charge in [0.25, 0.3) is 0 Å². The minimum absolute atomic E-state index is 0. The van der Waals surface area contributed by atoms with Crippen molar-refractivity contribution >= 4 is 28.3 Å².